The molecular formula is C24H28N4O3S. The number of aromatic nitrogens is 3. The molecular weight excluding hydrogens is 424 g/mol. The number of aliphatic carboxylic acids is 1. The molecule has 0 bridgehead atoms. The van der Waals surface area contributed by atoms with Crippen LogP contribution in [0, 0.1) is 19.3 Å². The Morgan fingerprint density at radius 1 is 1.22 bits per heavy atom. The Morgan fingerprint density at radius 3 is 2.78 bits per heavy atom. The second-order valence-electron chi connectivity index (χ2n) is 9.21. The van der Waals surface area contributed by atoms with Crippen molar-refractivity contribution in [1.82, 2.24) is 15.0 Å². The van der Waals surface area contributed by atoms with Crippen LogP contribution in [-0.4, -0.2) is 31.1 Å². The highest BCUT2D eigenvalue weighted by Crippen LogP contribution is 2.49. The molecule has 0 saturated heterocycles. The first-order valence-electron chi connectivity index (χ1n) is 10.7. The molecule has 0 amide bonds. The van der Waals surface area contributed by atoms with Gasteiger partial charge in [-0.15, -0.1) is 11.3 Å². The lowest BCUT2D eigenvalue weighted by molar-refractivity contribution is -0.142. The Balaban J connectivity index is 1.59. The van der Waals surface area contributed by atoms with Gasteiger partial charge in [0.05, 0.1) is 11.3 Å². The van der Waals surface area contributed by atoms with E-state index >= 15 is 0 Å². The minimum atomic E-state index is -1.09. The number of aryl methyl sites for hydroxylation is 2. The number of anilines is 2. The summed E-state index contributed by atoms with van der Waals surface area (Å²) in [6, 6.07) is 7.99. The highest BCUT2D eigenvalue weighted by Gasteiger charge is 2.44. The van der Waals surface area contributed by atoms with Crippen molar-refractivity contribution < 1.29 is 15.0 Å². The number of carbonyl (C=O) groups is 1. The van der Waals surface area contributed by atoms with E-state index < -0.39 is 17.0 Å². The van der Waals surface area contributed by atoms with Gasteiger partial charge >= 0.3 is 5.97 Å². The lowest BCUT2D eigenvalue weighted by Crippen LogP contribution is -2.39. The van der Waals surface area contributed by atoms with Gasteiger partial charge in [0.2, 0.25) is 5.95 Å². The summed E-state index contributed by atoms with van der Waals surface area (Å²) in [5.74, 6) is -0.283. The van der Waals surface area contributed by atoms with E-state index in [4.69, 9.17) is 0 Å². The van der Waals surface area contributed by atoms with Crippen molar-refractivity contribution in [3.63, 3.8) is 0 Å². The first-order valence-corrected chi connectivity index (χ1v) is 11.6. The van der Waals surface area contributed by atoms with Crippen LogP contribution in [0.15, 0.2) is 36.7 Å². The molecule has 1 fully saturated rings. The van der Waals surface area contributed by atoms with Gasteiger partial charge in [-0.1, -0.05) is 13.0 Å². The number of aliphatic hydroxyl groups is 1. The van der Waals surface area contributed by atoms with Gasteiger partial charge in [-0.25, -0.2) is 15.0 Å². The van der Waals surface area contributed by atoms with Crippen LogP contribution in [0.4, 0.5) is 11.6 Å². The fourth-order valence-electron chi connectivity index (χ4n) is 4.65. The monoisotopic (exact) mass is 452 g/mol. The van der Waals surface area contributed by atoms with E-state index in [2.05, 4.69) is 26.3 Å². The van der Waals surface area contributed by atoms with Crippen LogP contribution in [0.25, 0.3) is 10.4 Å². The normalized spacial score (nSPS) is 23.1. The van der Waals surface area contributed by atoms with Crippen LogP contribution in [0.5, 0.6) is 0 Å². The molecule has 0 unspecified atom stereocenters. The Hall–Kier alpha value is -2.84. The van der Waals surface area contributed by atoms with Gasteiger partial charge in [-0.3, -0.25) is 4.79 Å². The van der Waals surface area contributed by atoms with Crippen molar-refractivity contribution in [3.05, 3.63) is 52.9 Å². The van der Waals surface area contributed by atoms with Crippen LogP contribution < -0.4 is 5.32 Å². The third-order valence-electron chi connectivity index (χ3n) is 5.98. The molecule has 2 aromatic heterocycles. The second kappa shape index (κ2) is 8.60. The zero-order valence-corrected chi connectivity index (χ0v) is 19.4. The predicted molar refractivity (Wildman–Crippen MR) is 125 cm³/mol. The highest BCUT2D eigenvalue weighted by molar-refractivity contribution is 7.15. The van der Waals surface area contributed by atoms with Crippen molar-refractivity contribution in [2.75, 3.05) is 5.32 Å². The summed E-state index contributed by atoms with van der Waals surface area (Å²) in [4.78, 5) is 25.5. The van der Waals surface area contributed by atoms with Gasteiger partial charge in [0.25, 0.3) is 0 Å². The second-order valence-corrected chi connectivity index (χ2v) is 10.2. The minimum Gasteiger partial charge on any atom is -0.481 e. The van der Waals surface area contributed by atoms with Gasteiger partial charge in [-0.05, 0) is 74.3 Å². The van der Waals surface area contributed by atoms with E-state index in [1.807, 2.05) is 39.0 Å². The Kier molecular flexibility index (Phi) is 6.01. The largest absolute Gasteiger partial charge is 0.481 e. The number of carboxylic acid groups (broad SMARTS) is 1. The van der Waals surface area contributed by atoms with Gasteiger partial charge in [-0.2, -0.15) is 0 Å². The third-order valence-corrected chi connectivity index (χ3v) is 7.22. The summed E-state index contributed by atoms with van der Waals surface area (Å²) in [5, 5.41) is 24.6. The lowest BCUT2D eigenvalue weighted by Gasteiger charge is -2.41. The summed E-state index contributed by atoms with van der Waals surface area (Å²) in [6.45, 7) is 5.90. The molecule has 1 saturated carbocycles. The van der Waals surface area contributed by atoms with Crippen LogP contribution in [0.1, 0.15) is 55.3 Å². The average molecular weight is 453 g/mol. The van der Waals surface area contributed by atoms with Crippen molar-refractivity contribution in [2.45, 2.75) is 58.5 Å². The maximum atomic E-state index is 11.4. The van der Waals surface area contributed by atoms with Gasteiger partial charge < -0.3 is 15.5 Å². The highest BCUT2D eigenvalue weighted by atomic mass is 32.1. The molecule has 168 valence electrons. The van der Waals surface area contributed by atoms with Gasteiger partial charge in [0.1, 0.15) is 10.6 Å². The standard InChI is InChI=1S/C24H28N4O3S/c1-15-9-17(11-18(10-15)28-22-25-8-5-16(2)27-22)19-13-26-21(32-19)24(31)7-4-6-23(3,14-24)12-20(29)30/h5,8-11,13,31H,4,6-7,12,14H2,1-3H3,(H,29,30)(H,25,27,28)/t23-,24+/m0/s1. The zero-order chi connectivity index (χ0) is 22.9. The maximum absolute atomic E-state index is 11.4. The number of carboxylic acids is 1. The quantitative estimate of drug-likeness (QED) is 0.471. The van der Waals surface area contributed by atoms with Crippen LogP contribution in [0.3, 0.4) is 0 Å². The molecule has 3 aromatic rings. The Bertz CT molecular complexity index is 1150. The van der Waals surface area contributed by atoms with Crippen molar-refractivity contribution >= 4 is 28.9 Å². The number of rotatable bonds is 6. The van der Waals surface area contributed by atoms with Crippen molar-refractivity contribution in [2.24, 2.45) is 5.41 Å². The summed E-state index contributed by atoms with van der Waals surface area (Å²) in [7, 11) is 0. The maximum Gasteiger partial charge on any atom is 0.303 e. The molecule has 32 heavy (non-hydrogen) atoms. The summed E-state index contributed by atoms with van der Waals surface area (Å²) >= 11 is 1.47. The Morgan fingerprint density at radius 2 is 2.03 bits per heavy atom. The molecule has 0 aliphatic heterocycles. The van der Waals surface area contributed by atoms with Crippen LogP contribution >= 0.6 is 11.3 Å². The smallest absolute Gasteiger partial charge is 0.303 e. The first kappa shape index (κ1) is 22.4. The number of benzene rings is 1. The molecule has 0 radical (unpaired) electrons. The van der Waals surface area contributed by atoms with Gasteiger partial charge in [0.15, 0.2) is 0 Å². The number of nitrogens with zero attached hydrogens (tertiary/aromatic N) is 3. The van der Waals surface area contributed by atoms with Crippen molar-refractivity contribution in [3.8, 4) is 10.4 Å². The average Bonchev–Trinajstić information content (AvgIpc) is 3.17. The molecule has 8 heteroatoms. The number of hydrogen-bond acceptors (Lipinski definition) is 7. The van der Waals surface area contributed by atoms with E-state index in [-0.39, 0.29) is 6.42 Å². The fraction of sp³-hybridized carbons (Fsp3) is 0.417. The molecule has 4 rings (SSSR count). The lowest BCUT2D eigenvalue weighted by atomic mass is 9.67. The molecule has 2 atom stereocenters. The zero-order valence-electron chi connectivity index (χ0n) is 18.6. The topological polar surface area (TPSA) is 108 Å². The molecule has 2 heterocycles. The summed E-state index contributed by atoms with van der Waals surface area (Å²) in [5.41, 5.74) is 2.32. The SMILES string of the molecule is Cc1cc(Nc2nccc(C)n2)cc(-c2cnc([C@@]3(O)CCC[C@@](C)(CC(=O)O)C3)s2)c1. The number of hydrogen-bond donors (Lipinski definition) is 3. The molecule has 7 nitrogen and oxygen atoms in total. The fourth-order valence-corrected chi connectivity index (χ4v) is 5.67. The van der Waals surface area contributed by atoms with Crippen molar-refractivity contribution in [1.29, 1.82) is 0 Å². The van der Waals surface area contributed by atoms with E-state index in [9.17, 15) is 15.0 Å². The minimum absolute atomic E-state index is 0.0570. The number of thiazole rings is 1. The van der Waals surface area contributed by atoms with E-state index in [1.54, 1.807) is 12.4 Å². The van der Waals surface area contributed by atoms with Crippen LogP contribution in [-0.2, 0) is 10.4 Å². The molecule has 0 spiro atoms. The molecule has 1 aliphatic rings. The molecule has 3 N–H and O–H groups in total. The van der Waals surface area contributed by atoms with Crippen LogP contribution in [0.2, 0.25) is 0 Å². The van der Waals surface area contributed by atoms with E-state index in [0.717, 1.165) is 40.2 Å². The van der Waals surface area contributed by atoms with E-state index in [1.165, 1.54) is 11.3 Å². The molecule has 1 aliphatic carbocycles. The summed E-state index contributed by atoms with van der Waals surface area (Å²) < 4.78 is 0. The first-order chi connectivity index (χ1) is 15.1. The third kappa shape index (κ3) is 4.97. The number of nitrogens with one attached hydrogen (secondary N) is 1. The van der Waals surface area contributed by atoms with Gasteiger partial charge in [0, 0.05) is 23.8 Å². The summed E-state index contributed by atoms with van der Waals surface area (Å²) in [6.07, 6.45) is 6.16. The molecule has 1 aromatic carbocycles. The Labute approximate surface area is 191 Å². The predicted octanol–water partition coefficient (Wildman–Crippen LogP) is 5.20. The van der Waals surface area contributed by atoms with E-state index in [0.29, 0.717) is 23.8 Å².